The maximum Gasteiger partial charge on any atom is 0.351 e. The van der Waals surface area contributed by atoms with Crippen molar-refractivity contribution < 1.29 is 23.5 Å². The lowest BCUT2D eigenvalue weighted by Crippen LogP contribution is -2.22. The van der Waals surface area contributed by atoms with Crippen molar-refractivity contribution in [1.82, 2.24) is 0 Å². The zero-order valence-corrected chi connectivity index (χ0v) is 9.52. The van der Waals surface area contributed by atoms with Crippen molar-refractivity contribution in [1.29, 1.82) is 0 Å². The van der Waals surface area contributed by atoms with E-state index in [0.29, 0.717) is 0 Å². The van der Waals surface area contributed by atoms with E-state index in [-0.39, 0.29) is 18.8 Å². The Kier molecular flexibility index (Phi) is 4.45. The lowest BCUT2D eigenvalue weighted by molar-refractivity contribution is 0.0473. The molecule has 0 amide bonds. The predicted octanol–water partition coefficient (Wildman–Crippen LogP) is 0.993. The van der Waals surface area contributed by atoms with Crippen LogP contribution in [0, 0.1) is 0 Å². The van der Waals surface area contributed by atoms with E-state index < -0.39 is 23.1 Å². The summed E-state index contributed by atoms with van der Waals surface area (Å²) in [6.07, 6.45) is 1.03. The van der Waals surface area contributed by atoms with Gasteiger partial charge in [0.1, 0.15) is 0 Å². The van der Waals surface area contributed by atoms with Crippen molar-refractivity contribution in [3.05, 3.63) is 33.9 Å². The van der Waals surface area contributed by atoms with Gasteiger partial charge in [-0.25, -0.2) is 14.4 Å². The van der Waals surface area contributed by atoms with E-state index in [4.69, 9.17) is 4.74 Å². The summed E-state index contributed by atoms with van der Waals surface area (Å²) in [5.41, 5.74) is -1.51. The molecule has 0 saturated carbocycles. The first-order chi connectivity index (χ1) is 8.11. The second-order valence-corrected chi connectivity index (χ2v) is 2.94. The van der Waals surface area contributed by atoms with Crippen LogP contribution in [0.25, 0.3) is 0 Å². The van der Waals surface area contributed by atoms with E-state index >= 15 is 0 Å². The summed E-state index contributed by atoms with van der Waals surface area (Å²) < 4.78 is 13.9. The molecule has 0 fully saturated rings. The van der Waals surface area contributed by atoms with Crippen LogP contribution >= 0.6 is 0 Å². The Morgan fingerprint density at radius 1 is 1.18 bits per heavy atom. The molecule has 0 spiro atoms. The SMILES string of the molecule is CCOC(=O)c1ccoc(=O)c1C(=O)OCC. The summed E-state index contributed by atoms with van der Waals surface area (Å²) in [7, 11) is 0. The normalized spacial score (nSPS) is 9.76. The maximum absolute atomic E-state index is 11.5. The van der Waals surface area contributed by atoms with Crippen LogP contribution in [0.5, 0.6) is 0 Å². The fourth-order valence-corrected chi connectivity index (χ4v) is 1.19. The molecule has 0 atom stereocenters. The Morgan fingerprint density at radius 3 is 2.35 bits per heavy atom. The van der Waals surface area contributed by atoms with Gasteiger partial charge in [0.05, 0.1) is 25.0 Å². The van der Waals surface area contributed by atoms with E-state index in [1.807, 2.05) is 0 Å². The Labute approximate surface area is 97.1 Å². The first-order valence-electron chi connectivity index (χ1n) is 5.07. The molecule has 1 aromatic rings. The van der Waals surface area contributed by atoms with Crippen molar-refractivity contribution in [2.45, 2.75) is 13.8 Å². The highest BCUT2D eigenvalue weighted by atomic mass is 16.5. The molecule has 0 N–H and O–H groups in total. The molecule has 17 heavy (non-hydrogen) atoms. The van der Waals surface area contributed by atoms with Crippen LogP contribution < -0.4 is 5.63 Å². The monoisotopic (exact) mass is 240 g/mol. The third-order valence-corrected chi connectivity index (χ3v) is 1.86. The molecular weight excluding hydrogens is 228 g/mol. The van der Waals surface area contributed by atoms with Crippen molar-refractivity contribution in [2.24, 2.45) is 0 Å². The van der Waals surface area contributed by atoms with Gasteiger partial charge in [-0.3, -0.25) is 0 Å². The third kappa shape index (κ3) is 2.93. The number of hydrogen-bond acceptors (Lipinski definition) is 6. The predicted molar refractivity (Wildman–Crippen MR) is 56.9 cm³/mol. The molecule has 1 heterocycles. The highest BCUT2D eigenvalue weighted by Crippen LogP contribution is 2.07. The molecule has 1 rings (SSSR count). The Morgan fingerprint density at radius 2 is 1.76 bits per heavy atom. The molecule has 6 nitrogen and oxygen atoms in total. The first kappa shape index (κ1) is 13.0. The van der Waals surface area contributed by atoms with Gasteiger partial charge in [0, 0.05) is 0 Å². The van der Waals surface area contributed by atoms with Gasteiger partial charge >= 0.3 is 17.6 Å². The average molecular weight is 240 g/mol. The molecule has 0 saturated heterocycles. The second kappa shape index (κ2) is 5.83. The van der Waals surface area contributed by atoms with Crippen LogP contribution in [-0.2, 0) is 9.47 Å². The van der Waals surface area contributed by atoms with Gasteiger partial charge in [-0.15, -0.1) is 0 Å². The molecule has 0 aliphatic heterocycles. The fraction of sp³-hybridized carbons (Fsp3) is 0.364. The van der Waals surface area contributed by atoms with Crippen LogP contribution in [-0.4, -0.2) is 25.2 Å². The quantitative estimate of drug-likeness (QED) is 0.730. The number of hydrogen-bond donors (Lipinski definition) is 0. The maximum atomic E-state index is 11.5. The van der Waals surface area contributed by atoms with Gasteiger partial charge in [0.15, 0.2) is 5.56 Å². The standard InChI is InChI=1S/C11H12O6/c1-3-15-9(12)7-5-6-17-11(14)8(7)10(13)16-4-2/h5-6H,3-4H2,1-2H3. The largest absolute Gasteiger partial charge is 0.462 e. The molecule has 0 unspecified atom stereocenters. The number of esters is 2. The van der Waals surface area contributed by atoms with Crippen LogP contribution in [0.4, 0.5) is 0 Å². The Balaban J connectivity index is 3.22. The average Bonchev–Trinajstić information content (AvgIpc) is 2.29. The molecule has 0 radical (unpaired) electrons. The van der Waals surface area contributed by atoms with Crippen LogP contribution in [0.3, 0.4) is 0 Å². The number of carbonyl (C=O) groups excluding carboxylic acids is 2. The molecule has 1 aromatic heterocycles. The lowest BCUT2D eigenvalue weighted by Gasteiger charge is -2.05. The van der Waals surface area contributed by atoms with Crippen LogP contribution in [0.2, 0.25) is 0 Å². The molecule has 0 bridgehead atoms. The summed E-state index contributed by atoms with van der Waals surface area (Å²) in [6, 6.07) is 1.20. The minimum Gasteiger partial charge on any atom is -0.462 e. The number of rotatable bonds is 4. The number of ether oxygens (including phenoxy) is 2. The summed E-state index contributed by atoms with van der Waals surface area (Å²) in [5.74, 6) is -1.66. The van der Waals surface area contributed by atoms with Gasteiger partial charge in [-0.05, 0) is 19.9 Å². The molecule has 0 aromatic carbocycles. The summed E-state index contributed by atoms with van der Waals surface area (Å²) in [4.78, 5) is 34.4. The topological polar surface area (TPSA) is 82.8 Å². The van der Waals surface area contributed by atoms with E-state index in [1.165, 1.54) is 6.07 Å². The Hall–Kier alpha value is -2.11. The third-order valence-electron chi connectivity index (χ3n) is 1.86. The minimum absolute atomic E-state index is 0.0927. The molecule has 0 aliphatic rings. The van der Waals surface area contributed by atoms with Crippen molar-refractivity contribution in [2.75, 3.05) is 13.2 Å². The van der Waals surface area contributed by atoms with E-state index in [1.54, 1.807) is 13.8 Å². The van der Waals surface area contributed by atoms with Crippen molar-refractivity contribution >= 4 is 11.9 Å². The second-order valence-electron chi connectivity index (χ2n) is 2.94. The fourth-order valence-electron chi connectivity index (χ4n) is 1.19. The summed E-state index contributed by atoms with van der Waals surface area (Å²) >= 11 is 0. The van der Waals surface area contributed by atoms with Gasteiger partial charge < -0.3 is 13.9 Å². The lowest BCUT2D eigenvalue weighted by atomic mass is 10.1. The van der Waals surface area contributed by atoms with Crippen molar-refractivity contribution in [3.8, 4) is 0 Å². The minimum atomic E-state index is -0.922. The van der Waals surface area contributed by atoms with Crippen molar-refractivity contribution in [3.63, 3.8) is 0 Å². The first-order valence-corrected chi connectivity index (χ1v) is 5.07. The van der Waals surface area contributed by atoms with E-state index in [2.05, 4.69) is 9.15 Å². The molecule has 6 heteroatoms. The zero-order chi connectivity index (χ0) is 12.8. The number of carbonyl (C=O) groups is 2. The van der Waals surface area contributed by atoms with Gasteiger partial charge in [-0.1, -0.05) is 0 Å². The highest BCUT2D eigenvalue weighted by molar-refractivity contribution is 6.02. The molecule has 0 aliphatic carbocycles. The van der Waals surface area contributed by atoms with Gasteiger partial charge in [0.25, 0.3) is 0 Å². The van der Waals surface area contributed by atoms with Gasteiger partial charge in [0.2, 0.25) is 0 Å². The zero-order valence-electron chi connectivity index (χ0n) is 9.52. The summed E-state index contributed by atoms with van der Waals surface area (Å²) in [6.45, 7) is 3.44. The van der Waals surface area contributed by atoms with Crippen LogP contribution in [0.15, 0.2) is 21.5 Å². The smallest absolute Gasteiger partial charge is 0.351 e. The summed E-state index contributed by atoms with van der Waals surface area (Å²) in [5, 5.41) is 0. The van der Waals surface area contributed by atoms with Crippen LogP contribution in [0.1, 0.15) is 34.6 Å². The van der Waals surface area contributed by atoms with E-state index in [0.717, 1.165) is 6.26 Å². The molecule has 92 valence electrons. The van der Waals surface area contributed by atoms with Gasteiger partial charge in [-0.2, -0.15) is 0 Å². The Bertz CT molecular complexity index is 473. The molecular formula is C11H12O6. The van der Waals surface area contributed by atoms with E-state index in [9.17, 15) is 14.4 Å². The highest BCUT2D eigenvalue weighted by Gasteiger charge is 2.23.